The average Bonchev–Trinajstić information content (AvgIpc) is 3.26. The van der Waals surface area contributed by atoms with Gasteiger partial charge in [0.2, 0.25) is 5.88 Å². The fourth-order valence-corrected chi connectivity index (χ4v) is 4.08. The number of nitrogens with zero attached hydrogens (tertiary/aromatic N) is 2. The number of nitrogens with one attached hydrogen (secondary N) is 1. The lowest BCUT2D eigenvalue weighted by atomic mass is 9.99. The zero-order valence-electron chi connectivity index (χ0n) is 18.3. The van der Waals surface area contributed by atoms with Crippen molar-refractivity contribution >= 4 is 16.7 Å². The molecular weight excluding hydrogens is 408 g/mol. The van der Waals surface area contributed by atoms with Gasteiger partial charge in [0.25, 0.3) is 0 Å². The van der Waals surface area contributed by atoms with E-state index in [2.05, 4.69) is 70.1 Å². The quantitative estimate of drug-likeness (QED) is 0.339. The van der Waals surface area contributed by atoms with E-state index in [0.29, 0.717) is 18.8 Å². The number of hydrogen-bond donors (Lipinski definition) is 2. The molecule has 1 atom stereocenters. The van der Waals surface area contributed by atoms with Crippen LogP contribution in [0.1, 0.15) is 16.7 Å². The number of anilines is 1. The van der Waals surface area contributed by atoms with Gasteiger partial charge in [-0.25, -0.2) is 0 Å². The van der Waals surface area contributed by atoms with E-state index in [1.54, 1.807) is 6.20 Å². The lowest BCUT2D eigenvalue weighted by Gasteiger charge is -2.13. The lowest BCUT2D eigenvalue weighted by molar-refractivity contribution is 0.432. The first-order chi connectivity index (χ1) is 16.3. The van der Waals surface area contributed by atoms with E-state index in [0.717, 1.165) is 34.0 Å². The molecule has 5 aromatic rings. The van der Waals surface area contributed by atoms with Crippen LogP contribution in [0, 0.1) is 0 Å². The highest BCUT2D eigenvalue weighted by Crippen LogP contribution is 2.32. The Balaban J connectivity index is 1.42. The lowest BCUT2D eigenvalue weighted by Crippen LogP contribution is -2.31. The second kappa shape index (κ2) is 9.67. The molecule has 0 saturated heterocycles. The third kappa shape index (κ3) is 4.94. The second-order valence-electron chi connectivity index (χ2n) is 8.27. The zero-order chi connectivity index (χ0) is 22.5. The van der Waals surface area contributed by atoms with Crippen LogP contribution in [0.15, 0.2) is 102 Å². The summed E-state index contributed by atoms with van der Waals surface area (Å²) in [5.41, 5.74) is 11.7. The molecule has 0 saturated carbocycles. The number of fused-ring (bicyclic) bond motifs is 1. The Morgan fingerprint density at radius 3 is 2.39 bits per heavy atom. The van der Waals surface area contributed by atoms with Gasteiger partial charge in [0, 0.05) is 47.9 Å². The molecule has 0 fully saturated rings. The van der Waals surface area contributed by atoms with E-state index >= 15 is 0 Å². The van der Waals surface area contributed by atoms with Crippen LogP contribution in [0.2, 0.25) is 0 Å². The maximum absolute atomic E-state index is 6.41. The van der Waals surface area contributed by atoms with Crippen molar-refractivity contribution in [3.63, 3.8) is 0 Å². The molecule has 33 heavy (non-hydrogen) atoms. The smallest absolute Gasteiger partial charge is 0.228 e. The minimum atomic E-state index is -0.0429. The molecule has 0 radical (unpaired) electrons. The maximum atomic E-state index is 6.41. The van der Waals surface area contributed by atoms with E-state index in [9.17, 15) is 0 Å². The SMILES string of the molecule is N[C@H](CNc1onc(-c2ccc3cnccc3c2)c1Cc1ccccc1)Cc1ccccc1. The first kappa shape index (κ1) is 20.9. The normalized spacial score (nSPS) is 12.0. The van der Waals surface area contributed by atoms with E-state index in [-0.39, 0.29) is 6.04 Å². The summed E-state index contributed by atoms with van der Waals surface area (Å²) >= 11 is 0. The third-order valence-electron chi connectivity index (χ3n) is 5.79. The molecule has 5 rings (SSSR count). The van der Waals surface area contributed by atoms with Crippen molar-refractivity contribution in [3.8, 4) is 11.3 Å². The first-order valence-corrected chi connectivity index (χ1v) is 11.2. The van der Waals surface area contributed by atoms with Gasteiger partial charge in [0.1, 0.15) is 5.69 Å². The van der Waals surface area contributed by atoms with Gasteiger partial charge in [-0.2, -0.15) is 0 Å². The highest BCUT2D eigenvalue weighted by molar-refractivity contribution is 5.86. The molecule has 0 spiro atoms. The maximum Gasteiger partial charge on any atom is 0.228 e. The number of pyridine rings is 1. The van der Waals surface area contributed by atoms with Crippen LogP contribution in [0.3, 0.4) is 0 Å². The summed E-state index contributed by atoms with van der Waals surface area (Å²) in [4.78, 5) is 4.21. The van der Waals surface area contributed by atoms with Crippen molar-refractivity contribution in [2.24, 2.45) is 5.73 Å². The molecule has 164 valence electrons. The molecule has 0 amide bonds. The molecule has 0 aliphatic carbocycles. The van der Waals surface area contributed by atoms with Gasteiger partial charge in [0.15, 0.2) is 0 Å². The van der Waals surface area contributed by atoms with Crippen LogP contribution in [0.4, 0.5) is 5.88 Å². The average molecular weight is 435 g/mol. The van der Waals surface area contributed by atoms with Crippen LogP contribution in [-0.2, 0) is 12.8 Å². The van der Waals surface area contributed by atoms with Crippen LogP contribution in [0.5, 0.6) is 0 Å². The van der Waals surface area contributed by atoms with Gasteiger partial charge < -0.3 is 15.6 Å². The molecule has 0 aliphatic heterocycles. The Hall–Kier alpha value is -3.96. The molecule has 5 heteroatoms. The van der Waals surface area contributed by atoms with Crippen molar-refractivity contribution in [1.29, 1.82) is 0 Å². The number of nitrogens with two attached hydrogens (primary N) is 1. The Kier molecular flexibility index (Phi) is 6.13. The van der Waals surface area contributed by atoms with Crippen LogP contribution < -0.4 is 11.1 Å². The molecule has 3 N–H and O–H groups in total. The van der Waals surface area contributed by atoms with Gasteiger partial charge in [0.05, 0.1) is 0 Å². The predicted molar refractivity (Wildman–Crippen MR) is 133 cm³/mol. The molecule has 2 heterocycles. The molecule has 0 aliphatic rings. The van der Waals surface area contributed by atoms with Crippen molar-refractivity contribution in [3.05, 3.63) is 114 Å². The largest absolute Gasteiger partial charge is 0.352 e. The Morgan fingerprint density at radius 2 is 1.61 bits per heavy atom. The summed E-state index contributed by atoms with van der Waals surface area (Å²) in [6.07, 6.45) is 5.18. The monoisotopic (exact) mass is 434 g/mol. The number of rotatable bonds is 8. The van der Waals surface area contributed by atoms with E-state index in [1.807, 2.05) is 36.5 Å². The Labute approximate surface area is 193 Å². The van der Waals surface area contributed by atoms with E-state index < -0.39 is 0 Å². The first-order valence-electron chi connectivity index (χ1n) is 11.2. The van der Waals surface area contributed by atoms with Crippen molar-refractivity contribution in [2.45, 2.75) is 18.9 Å². The Morgan fingerprint density at radius 1 is 0.848 bits per heavy atom. The fourth-order valence-electron chi connectivity index (χ4n) is 4.08. The summed E-state index contributed by atoms with van der Waals surface area (Å²) in [6.45, 7) is 0.592. The highest BCUT2D eigenvalue weighted by atomic mass is 16.5. The molecule has 3 aromatic carbocycles. The van der Waals surface area contributed by atoms with Crippen molar-refractivity contribution in [2.75, 3.05) is 11.9 Å². The molecule has 0 bridgehead atoms. The summed E-state index contributed by atoms with van der Waals surface area (Å²) in [5.74, 6) is 0.673. The summed E-state index contributed by atoms with van der Waals surface area (Å²) in [5, 5.41) is 10.1. The van der Waals surface area contributed by atoms with Gasteiger partial charge in [-0.3, -0.25) is 4.98 Å². The minimum Gasteiger partial charge on any atom is -0.352 e. The van der Waals surface area contributed by atoms with Crippen LogP contribution >= 0.6 is 0 Å². The van der Waals surface area contributed by atoms with Crippen LogP contribution in [-0.4, -0.2) is 22.7 Å². The highest BCUT2D eigenvalue weighted by Gasteiger charge is 2.19. The van der Waals surface area contributed by atoms with E-state index in [1.165, 1.54) is 11.1 Å². The zero-order valence-corrected chi connectivity index (χ0v) is 18.3. The van der Waals surface area contributed by atoms with Crippen LogP contribution in [0.25, 0.3) is 22.0 Å². The molecular formula is C28H26N4O. The standard InChI is InChI=1S/C28H26N4O/c29-25(15-20-7-3-1-4-8-20)19-31-28-26(16-21-9-5-2-6-10-21)27(32-33-28)23-11-12-24-18-30-14-13-22(24)17-23/h1-14,17-18,25,31H,15-16,19,29H2/t25-/m0/s1. The minimum absolute atomic E-state index is 0.0429. The van der Waals surface area contributed by atoms with Gasteiger partial charge in [-0.05, 0) is 35.1 Å². The van der Waals surface area contributed by atoms with Gasteiger partial charge in [-0.1, -0.05) is 78.0 Å². The van der Waals surface area contributed by atoms with Gasteiger partial charge >= 0.3 is 0 Å². The number of hydrogen-bond acceptors (Lipinski definition) is 5. The topological polar surface area (TPSA) is 77.0 Å². The summed E-state index contributed by atoms with van der Waals surface area (Å²) in [7, 11) is 0. The Bertz CT molecular complexity index is 1330. The molecule has 5 nitrogen and oxygen atoms in total. The van der Waals surface area contributed by atoms with Crippen molar-refractivity contribution < 1.29 is 4.52 Å². The summed E-state index contributed by atoms with van der Waals surface area (Å²) in [6, 6.07) is 28.9. The molecule has 0 unspecified atom stereocenters. The number of benzene rings is 3. The molecule has 2 aromatic heterocycles. The summed E-state index contributed by atoms with van der Waals surface area (Å²) < 4.78 is 5.81. The second-order valence-corrected chi connectivity index (χ2v) is 8.27. The van der Waals surface area contributed by atoms with Crippen molar-refractivity contribution in [1.82, 2.24) is 10.1 Å². The fraction of sp³-hybridized carbons (Fsp3) is 0.143. The van der Waals surface area contributed by atoms with E-state index in [4.69, 9.17) is 10.3 Å². The van der Waals surface area contributed by atoms with Gasteiger partial charge in [-0.15, -0.1) is 0 Å². The third-order valence-corrected chi connectivity index (χ3v) is 5.79. The predicted octanol–water partition coefficient (Wildman–Crippen LogP) is 5.46. The number of aromatic nitrogens is 2.